The molecule has 0 aromatic rings. The standard InChI is InChI=1S/C7H12F3NO7S2/c8-7(9,10)19(12,13)11-20(14,15)18-3-1-2-16-4-6-5-17-6/h6,11H,1-5H2. The number of alkyl halides is 3. The molecule has 0 saturated carbocycles. The van der Waals surface area contributed by atoms with E-state index in [4.69, 9.17) is 9.47 Å². The normalized spacial score (nSPS) is 20.1. The lowest BCUT2D eigenvalue weighted by atomic mass is 10.5. The topological polar surface area (TPSA) is 111 Å². The van der Waals surface area contributed by atoms with E-state index in [1.165, 1.54) is 0 Å². The lowest BCUT2D eigenvalue weighted by molar-refractivity contribution is -0.0442. The van der Waals surface area contributed by atoms with Crippen molar-refractivity contribution in [3.8, 4) is 0 Å². The minimum absolute atomic E-state index is 0.0262. The van der Waals surface area contributed by atoms with Gasteiger partial charge < -0.3 is 9.47 Å². The van der Waals surface area contributed by atoms with E-state index in [1.54, 1.807) is 0 Å². The number of hydrogen-bond donors (Lipinski definition) is 1. The molecular weight excluding hydrogens is 331 g/mol. The fourth-order valence-corrected chi connectivity index (χ4v) is 2.90. The molecule has 1 rings (SSSR count). The molecule has 1 aliphatic rings. The highest BCUT2D eigenvalue weighted by molar-refractivity contribution is 8.03. The van der Waals surface area contributed by atoms with Crippen LogP contribution in [0.1, 0.15) is 6.42 Å². The zero-order chi connectivity index (χ0) is 15.4. The van der Waals surface area contributed by atoms with Crippen molar-refractivity contribution in [1.29, 1.82) is 0 Å². The van der Waals surface area contributed by atoms with E-state index in [1.807, 2.05) is 0 Å². The van der Waals surface area contributed by atoms with Gasteiger partial charge in [0.15, 0.2) is 0 Å². The van der Waals surface area contributed by atoms with Crippen LogP contribution in [0.5, 0.6) is 0 Å². The number of nitrogens with one attached hydrogen (secondary N) is 1. The molecule has 8 nitrogen and oxygen atoms in total. The molecule has 0 bridgehead atoms. The average molecular weight is 343 g/mol. The molecule has 1 atom stereocenters. The molecule has 1 aliphatic heterocycles. The van der Waals surface area contributed by atoms with Crippen LogP contribution in [-0.2, 0) is 34.0 Å². The van der Waals surface area contributed by atoms with Gasteiger partial charge in [-0.25, -0.2) is 8.42 Å². The Bertz CT molecular complexity index is 511. The summed E-state index contributed by atoms with van der Waals surface area (Å²) >= 11 is 0. The van der Waals surface area contributed by atoms with Gasteiger partial charge in [-0.2, -0.15) is 21.6 Å². The van der Waals surface area contributed by atoms with Crippen molar-refractivity contribution in [1.82, 2.24) is 4.13 Å². The highest BCUT2D eigenvalue weighted by atomic mass is 32.3. The van der Waals surface area contributed by atoms with Crippen LogP contribution < -0.4 is 4.13 Å². The van der Waals surface area contributed by atoms with Crippen molar-refractivity contribution in [3.63, 3.8) is 0 Å². The molecular formula is C7H12F3NO7S2. The second-order valence-electron chi connectivity index (χ2n) is 3.69. The summed E-state index contributed by atoms with van der Waals surface area (Å²) in [4.78, 5) is 0. The zero-order valence-corrected chi connectivity index (χ0v) is 11.6. The highest BCUT2D eigenvalue weighted by Crippen LogP contribution is 2.22. The Labute approximate surface area is 113 Å². The Hall–Kier alpha value is -0.470. The van der Waals surface area contributed by atoms with Crippen LogP contribution in [0.15, 0.2) is 0 Å². The van der Waals surface area contributed by atoms with Crippen molar-refractivity contribution >= 4 is 20.3 Å². The first-order valence-corrected chi connectivity index (χ1v) is 8.11. The van der Waals surface area contributed by atoms with Gasteiger partial charge in [0.2, 0.25) is 0 Å². The molecule has 20 heavy (non-hydrogen) atoms. The van der Waals surface area contributed by atoms with E-state index < -0.39 is 32.4 Å². The largest absolute Gasteiger partial charge is 0.512 e. The van der Waals surface area contributed by atoms with Gasteiger partial charge in [-0.05, 0) is 6.42 Å². The van der Waals surface area contributed by atoms with Crippen molar-refractivity contribution < 1.29 is 43.7 Å². The zero-order valence-electron chi connectivity index (χ0n) is 9.92. The summed E-state index contributed by atoms with van der Waals surface area (Å²) in [6, 6.07) is 0. The van der Waals surface area contributed by atoms with E-state index in [0.29, 0.717) is 17.3 Å². The molecule has 13 heteroatoms. The number of ether oxygens (including phenoxy) is 2. The van der Waals surface area contributed by atoms with Gasteiger partial charge in [0.05, 0.1) is 19.8 Å². The monoisotopic (exact) mass is 343 g/mol. The number of halogens is 3. The Morgan fingerprint density at radius 1 is 1.20 bits per heavy atom. The lowest BCUT2D eigenvalue weighted by Gasteiger charge is -2.10. The molecule has 1 fully saturated rings. The molecule has 1 heterocycles. The Morgan fingerprint density at radius 2 is 1.80 bits per heavy atom. The van der Waals surface area contributed by atoms with Gasteiger partial charge >= 0.3 is 25.8 Å². The third-order valence-electron chi connectivity index (χ3n) is 1.89. The number of rotatable bonds is 9. The lowest BCUT2D eigenvalue weighted by Crippen LogP contribution is -2.41. The molecule has 0 aromatic carbocycles. The Kier molecular flexibility index (Phi) is 5.74. The third kappa shape index (κ3) is 6.32. The van der Waals surface area contributed by atoms with Crippen LogP contribution in [0.2, 0.25) is 0 Å². The fourth-order valence-electron chi connectivity index (χ4n) is 0.914. The summed E-state index contributed by atoms with van der Waals surface area (Å²) in [6.45, 7) is 0.493. The summed E-state index contributed by atoms with van der Waals surface area (Å²) in [7, 11) is -11.1. The first-order chi connectivity index (χ1) is 9.04. The van der Waals surface area contributed by atoms with Crippen molar-refractivity contribution in [3.05, 3.63) is 0 Å². The van der Waals surface area contributed by atoms with Gasteiger partial charge in [-0.15, -0.1) is 0 Å². The summed E-state index contributed by atoms with van der Waals surface area (Å²) in [5.74, 6) is 0. The Balaban J connectivity index is 2.26. The van der Waals surface area contributed by atoms with Gasteiger partial charge in [0.25, 0.3) is 0 Å². The third-order valence-corrected chi connectivity index (χ3v) is 4.67. The first-order valence-electron chi connectivity index (χ1n) is 5.22. The fraction of sp³-hybridized carbons (Fsp3) is 1.00. The van der Waals surface area contributed by atoms with Crippen LogP contribution >= 0.6 is 0 Å². The summed E-state index contributed by atoms with van der Waals surface area (Å²) in [5.41, 5.74) is -5.74. The molecule has 0 aliphatic carbocycles. The van der Waals surface area contributed by atoms with Crippen LogP contribution in [0, 0.1) is 0 Å². The van der Waals surface area contributed by atoms with Gasteiger partial charge in [0.1, 0.15) is 6.10 Å². The molecule has 0 amide bonds. The van der Waals surface area contributed by atoms with Gasteiger partial charge in [-0.1, -0.05) is 4.13 Å². The Morgan fingerprint density at radius 3 is 2.30 bits per heavy atom. The van der Waals surface area contributed by atoms with E-state index in [0.717, 1.165) is 0 Å². The second kappa shape index (κ2) is 6.53. The van der Waals surface area contributed by atoms with E-state index in [-0.39, 0.29) is 19.1 Å². The van der Waals surface area contributed by atoms with E-state index in [2.05, 4.69) is 4.18 Å². The SMILES string of the molecule is O=S(=O)(NS(=O)(=O)C(F)(F)F)OCCCOCC1CO1. The molecule has 0 radical (unpaired) electrons. The quantitative estimate of drug-likeness (QED) is 0.443. The van der Waals surface area contributed by atoms with Crippen molar-refractivity contribution in [2.45, 2.75) is 18.0 Å². The van der Waals surface area contributed by atoms with Crippen LogP contribution in [0.4, 0.5) is 13.2 Å². The maximum atomic E-state index is 11.9. The number of sulfonamides is 1. The van der Waals surface area contributed by atoms with E-state index >= 15 is 0 Å². The maximum absolute atomic E-state index is 11.9. The first kappa shape index (κ1) is 17.6. The molecule has 1 N–H and O–H groups in total. The average Bonchev–Trinajstić information content (AvgIpc) is 3.03. The second-order valence-corrected chi connectivity index (χ2v) is 6.97. The van der Waals surface area contributed by atoms with Crippen molar-refractivity contribution in [2.75, 3.05) is 26.4 Å². The summed E-state index contributed by atoms with van der Waals surface area (Å²) in [6.07, 6.45) is 0.0814. The minimum Gasteiger partial charge on any atom is -0.379 e. The predicted molar refractivity (Wildman–Crippen MR) is 58.2 cm³/mol. The van der Waals surface area contributed by atoms with Crippen molar-refractivity contribution in [2.24, 2.45) is 0 Å². The maximum Gasteiger partial charge on any atom is 0.512 e. The highest BCUT2D eigenvalue weighted by Gasteiger charge is 2.48. The minimum atomic E-state index is -6.02. The smallest absolute Gasteiger partial charge is 0.379 e. The molecule has 120 valence electrons. The van der Waals surface area contributed by atoms with E-state index in [9.17, 15) is 30.0 Å². The summed E-state index contributed by atoms with van der Waals surface area (Å²) in [5, 5.41) is 0. The molecule has 1 unspecified atom stereocenters. The molecule has 0 spiro atoms. The van der Waals surface area contributed by atoms with Crippen LogP contribution in [-0.4, -0.2) is 54.9 Å². The van der Waals surface area contributed by atoms with Crippen LogP contribution in [0.3, 0.4) is 0 Å². The predicted octanol–water partition coefficient (Wildman–Crippen LogP) is -0.507. The molecule has 0 aromatic heterocycles. The number of epoxide rings is 1. The van der Waals surface area contributed by atoms with Crippen LogP contribution in [0.25, 0.3) is 0 Å². The summed E-state index contributed by atoms with van der Waals surface area (Å²) < 4.78 is 93.1. The number of hydrogen-bond acceptors (Lipinski definition) is 7. The van der Waals surface area contributed by atoms with Gasteiger partial charge in [0, 0.05) is 6.61 Å². The van der Waals surface area contributed by atoms with Gasteiger partial charge in [-0.3, -0.25) is 4.18 Å². The molecule has 1 saturated heterocycles.